The van der Waals surface area contributed by atoms with Crippen LogP contribution < -0.4 is 15.5 Å². The van der Waals surface area contributed by atoms with Crippen molar-refractivity contribution in [3.05, 3.63) is 285 Å². The van der Waals surface area contributed by atoms with Gasteiger partial charge in [0.15, 0.2) is 0 Å². The Bertz CT molecular complexity index is 3090. The van der Waals surface area contributed by atoms with Crippen molar-refractivity contribution < 1.29 is 0 Å². The molecule has 0 bridgehead atoms. The summed E-state index contributed by atoms with van der Waals surface area (Å²) in [6.07, 6.45) is 0. The van der Waals surface area contributed by atoms with E-state index in [2.05, 4.69) is 301 Å². The largest absolute Gasteiger partial charge is 0.354 e. The van der Waals surface area contributed by atoms with Crippen LogP contribution in [0.4, 0.5) is 39.8 Å². The molecule has 0 aromatic heterocycles. The Morgan fingerprint density at radius 1 is 0.203 bits per heavy atom. The van der Waals surface area contributed by atoms with E-state index in [0.717, 1.165) is 95.4 Å². The highest BCUT2D eigenvalue weighted by Gasteiger charge is 2.20. The number of hydrogen-bond acceptors (Lipinski definition) is 3. The zero-order valence-electron chi connectivity index (χ0n) is 38.1. The SMILES string of the molecule is c1ccc(-c2ccc(N(c3ccc(-c4ccccc4)cc3)c3cc(Nc4c(-c5ccccc5)cccc4-c4ccccc4)cc(Nc4c(-c5ccccc5)cccc4-c4ccccc4)c3)cc2)cc1. The van der Waals surface area contributed by atoms with Crippen molar-refractivity contribution >= 4 is 39.8 Å². The summed E-state index contributed by atoms with van der Waals surface area (Å²) in [4.78, 5) is 2.36. The van der Waals surface area contributed by atoms with E-state index in [0.29, 0.717) is 0 Å². The maximum absolute atomic E-state index is 4.05. The van der Waals surface area contributed by atoms with E-state index in [1.165, 1.54) is 11.1 Å². The lowest BCUT2D eigenvalue weighted by Crippen LogP contribution is -2.11. The van der Waals surface area contributed by atoms with Gasteiger partial charge in [-0.25, -0.2) is 0 Å². The standard InChI is InChI=1S/C66H49N3/c1-7-21-48(22-8-1)50-37-41-58(42-38-50)69(59-43-39-51(40-44-59)49-23-9-2-10-24-49)60-46-56(67-65-61(52-25-11-3-12-26-52)33-19-34-62(65)53-27-13-4-14-28-53)45-57(47-60)68-66-63(54-29-15-5-16-30-54)35-20-36-64(66)55-31-17-6-18-32-55/h1-47,67-68H. The predicted octanol–water partition coefficient (Wildman–Crippen LogP) is 18.6. The molecule has 69 heavy (non-hydrogen) atoms. The predicted molar refractivity (Wildman–Crippen MR) is 293 cm³/mol. The van der Waals surface area contributed by atoms with Gasteiger partial charge in [-0.2, -0.15) is 0 Å². The highest BCUT2D eigenvalue weighted by Crippen LogP contribution is 2.45. The third-order valence-electron chi connectivity index (χ3n) is 12.6. The topological polar surface area (TPSA) is 27.3 Å². The van der Waals surface area contributed by atoms with E-state index in [4.69, 9.17) is 0 Å². The molecule has 11 aromatic carbocycles. The summed E-state index contributed by atoms with van der Waals surface area (Å²) in [6, 6.07) is 102. The minimum Gasteiger partial charge on any atom is -0.354 e. The van der Waals surface area contributed by atoms with Crippen LogP contribution in [0.5, 0.6) is 0 Å². The van der Waals surface area contributed by atoms with E-state index in [1.54, 1.807) is 0 Å². The quantitative estimate of drug-likeness (QED) is 0.121. The third kappa shape index (κ3) is 9.31. The van der Waals surface area contributed by atoms with Gasteiger partial charge < -0.3 is 15.5 Å². The van der Waals surface area contributed by atoms with Crippen molar-refractivity contribution in [2.24, 2.45) is 0 Å². The lowest BCUT2D eigenvalue weighted by molar-refractivity contribution is 1.28. The molecule has 0 aliphatic rings. The summed E-state index contributed by atoms with van der Waals surface area (Å²) in [5.74, 6) is 0. The highest BCUT2D eigenvalue weighted by atomic mass is 15.1. The van der Waals surface area contributed by atoms with Crippen LogP contribution >= 0.6 is 0 Å². The molecule has 0 aliphatic carbocycles. The van der Waals surface area contributed by atoms with Crippen LogP contribution in [0.3, 0.4) is 0 Å². The van der Waals surface area contributed by atoms with Crippen LogP contribution in [0.15, 0.2) is 285 Å². The fraction of sp³-hybridized carbons (Fsp3) is 0. The Balaban J connectivity index is 1.13. The maximum Gasteiger partial charge on any atom is 0.0543 e. The maximum atomic E-state index is 4.05. The second kappa shape index (κ2) is 19.7. The minimum absolute atomic E-state index is 0.931. The van der Waals surface area contributed by atoms with Gasteiger partial charge in [-0.1, -0.05) is 243 Å². The van der Waals surface area contributed by atoms with Gasteiger partial charge >= 0.3 is 0 Å². The van der Waals surface area contributed by atoms with Gasteiger partial charge in [-0.3, -0.25) is 0 Å². The molecular formula is C66H49N3. The summed E-state index contributed by atoms with van der Waals surface area (Å²) < 4.78 is 0. The number of benzene rings is 11. The van der Waals surface area contributed by atoms with E-state index in [-0.39, 0.29) is 0 Å². The highest BCUT2D eigenvalue weighted by molar-refractivity contribution is 5.97. The summed E-state index contributed by atoms with van der Waals surface area (Å²) in [5.41, 5.74) is 20.6. The molecule has 3 heteroatoms. The second-order valence-electron chi connectivity index (χ2n) is 17.1. The van der Waals surface area contributed by atoms with Crippen LogP contribution in [0.1, 0.15) is 0 Å². The Hall–Kier alpha value is -9.18. The molecule has 0 unspecified atom stereocenters. The lowest BCUT2D eigenvalue weighted by Gasteiger charge is -2.28. The second-order valence-corrected chi connectivity index (χ2v) is 17.1. The van der Waals surface area contributed by atoms with Crippen molar-refractivity contribution in [3.63, 3.8) is 0 Å². The number of nitrogens with one attached hydrogen (secondary N) is 2. The molecule has 0 heterocycles. The average Bonchev–Trinajstić information content (AvgIpc) is 3.43. The molecule has 0 fully saturated rings. The first-order valence-electron chi connectivity index (χ1n) is 23.5. The average molecular weight is 884 g/mol. The lowest BCUT2D eigenvalue weighted by atomic mass is 9.95. The third-order valence-corrected chi connectivity index (χ3v) is 12.6. The molecule has 0 spiro atoms. The van der Waals surface area contributed by atoms with Crippen LogP contribution in [0.25, 0.3) is 66.8 Å². The van der Waals surface area contributed by atoms with Crippen molar-refractivity contribution in [2.75, 3.05) is 15.5 Å². The van der Waals surface area contributed by atoms with Crippen molar-refractivity contribution in [1.29, 1.82) is 0 Å². The van der Waals surface area contributed by atoms with E-state index < -0.39 is 0 Å². The van der Waals surface area contributed by atoms with Crippen molar-refractivity contribution in [2.45, 2.75) is 0 Å². The monoisotopic (exact) mass is 883 g/mol. The molecule has 0 saturated heterocycles. The number of rotatable bonds is 13. The summed E-state index contributed by atoms with van der Waals surface area (Å²) in [7, 11) is 0. The van der Waals surface area contributed by atoms with E-state index >= 15 is 0 Å². The minimum atomic E-state index is 0.931. The van der Waals surface area contributed by atoms with Crippen molar-refractivity contribution in [3.8, 4) is 66.8 Å². The Labute approximate surface area is 405 Å². The molecular weight excluding hydrogens is 835 g/mol. The van der Waals surface area contributed by atoms with Crippen LogP contribution in [-0.4, -0.2) is 0 Å². The van der Waals surface area contributed by atoms with Gasteiger partial charge in [0.05, 0.1) is 17.1 Å². The molecule has 3 nitrogen and oxygen atoms in total. The molecule has 0 saturated carbocycles. The van der Waals surface area contributed by atoms with Crippen LogP contribution in [0.2, 0.25) is 0 Å². The Morgan fingerprint density at radius 2 is 0.464 bits per heavy atom. The first-order chi connectivity index (χ1) is 34.2. The molecule has 0 radical (unpaired) electrons. The molecule has 11 aromatic rings. The van der Waals surface area contributed by atoms with Gasteiger partial charge in [0.2, 0.25) is 0 Å². The van der Waals surface area contributed by atoms with Gasteiger partial charge in [0.1, 0.15) is 0 Å². The van der Waals surface area contributed by atoms with Crippen LogP contribution in [0, 0.1) is 0 Å². The first-order valence-corrected chi connectivity index (χ1v) is 23.5. The summed E-state index contributed by atoms with van der Waals surface area (Å²) in [5, 5.41) is 8.10. The molecule has 0 amide bonds. The zero-order valence-corrected chi connectivity index (χ0v) is 38.1. The number of para-hydroxylation sites is 2. The number of hydrogen-bond donors (Lipinski definition) is 2. The van der Waals surface area contributed by atoms with E-state index in [9.17, 15) is 0 Å². The Kier molecular flexibility index (Phi) is 12.1. The van der Waals surface area contributed by atoms with Gasteiger partial charge in [0, 0.05) is 45.0 Å². The number of anilines is 7. The van der Waals surface area contributed by atoms with Crippen LogP contribution in [-0.2, 0) is 0 Å². The van der Waals surface area contributed by atoms with Gasteiger partial charge in [-0.05, 0) is 87.0 Å². The van der Waals surface area contributed by atoms with Gasteiger partial charge in [0.25, 0.3) is 0 Å². The first kappa shape index (κ1) is 42.5. The normalized spacial score (nSPS) is 10.9. The van der Waals surface area contributed by atoms with Crippen molar-refractivity contribution in [1.82, 2.24) is 0 Å². The molecule has 0 atom stereocenters. The molecule has 2 N–H and O–H groups in total. The number of nitrogens with zero attached hydrogens (tertiary/aromatic N) is 1. The zero-order chi connectivity index (χ0) is 46.2. The van der Waals surface area contributed by atoms with E-state index in [1.807, 2.05) is 0 Å². The molecule has 11 rings (SSSR count). The fourth-order valence-corrected chi connectivity index (χ4v) is 9.29. The fourth-order valence-electron chi connectivity index (χ4n) is 9.29. The summed E-state index contributed by atoms with van der Waals surface area (Å²) in [6.45, 7) is 0. The summed E-state index contributed by atoms with van der Waals surface area (Å²) >= 11 is 0. The molecule has 328 valence electrons. The Morgan fingerprint density at radius 3 is 0.754 bits per heavy atom. The molecule has 0 aliphatic heterocycles. The van der Waals surface area contributed by atoms with Gasteiger partial charge in [-0.15, -0.1) is 0 Å². The smallest absolute Gasteiger partial charge is 0.0543 e.